The molecule has 1 aliphatic heterocycles. The van der Waals surface area contributed by atoms with E-state index in [4.69, 9.17) is 4.74 Å². The third-order valence-electron chi connectivity index (χ3n) is 3.27. The number of amides is 2. The fourth-order valence-corrected chi connectivity index (χ4v) is 2.49. The molecule has 0 aromatic rings. The van der Waals surface area contributed by atoms with Crippen LogP contribution in [0, 0.1) is 11.3 Å². The predicted molar refractivity (Wildman–Crippen MR) is 54.1 cm³/mol. The zero-order chi connectivity index (χ0) is 11.6. The van der Waals surface area contributed by atoms with E-state index in [0.717, 1.165) is 24.2 Å². The molecule has 2 fully saturated rings. The minimum atomic E-state index is -0.907. The smallest absolute Gasteiger partial charge is 0.256 e. The van der Waals surface area contributed by atoms with Gasteiger partial charge in [0.25, 0.3) is 11.8 Å². The molecular formula is C11H14N2O3. The SMILES string of the molecule is N#CC1(N2C(=O)COCC2=O)CCCCC1. The maximum absolute atomic E-state index is 11.7. The van der Waals surface area contributed by atoms with E-state index in [1.807, 2.05) is 0 Å². The molecule has 16 heavy (non-hydrogen) atoms. The van der Waals surface area contributed by atoms with E-state index in [-0.39, 0.29) is 25.0 Å². The molecule has 0 unspecified atom stereocenters. The zero-order valence-electron chi connectivity index (χ0n) is 9.07. The highest BCUT2D eigenvalue weighted by Crippen LogP contribution is 2.34. The maximum Gasteiger partial charge on any atom is 0.256 e. The van der Waals surface area contributed by atoms with Crippen molar-refractivity contribution in [3.63, 3.8) is 0 Å². The van der Waals surface area contributed by atoms with Crippen LogP contribution >= 0.6 is 0 Å². The van der Waals surface area contributed by atoms with Crippen molar-refractivity contribution >= 4 is 11.8 Å². The topological polar surface area (TPSA) is 70.4 Å². The fraction of sp³-hybridized carbons (Fsp3) is 0.727. The summed E-state index contributed by atoms with van der Waals surface area (Å²) in [4.78, 5) is 24.5. The third kappa shape index (κ3) is 1.69. The molecule has 5 heteroatoms. The van der Waals surface area contributed by atoms with Crippen molar-refractivity contribution < 1.29 is 14.3 Å². The standard InChI is InChI=1S/C11H14N2O3/c12-8-11(4-2-1-3-5-11)13-9(14)6-16-7-10(13)15/h1-7H2. The first-order chi connectivity index (χ1) is 7.69. The van der Waals surface area contributed by atoms with Crippen LogP contribution in [0.5, 0.6) is 0 Å². The summed E-state index contributed by atoms with van der Waals surface area (Å²) in [6, 6.07) is 2.18. The number of nitrogens with zero attached hydrogens (tertiary/aromatic N) is 2. The number of nitriles is 1. The quantitative estimate of drug-likeness (QED) is 0.609. The Morgan fingerprint density at radius 1 is 1.12 bits per heavy atom. The number of ether oxygens (including phenoxy) is 1. The van der Waals surface area contributed by atoms with Gasteiger partial charge in [-0.3, -0.25) is 14.5 Å². The molecule has 86 valence electrons. The molecule has 0 radical (unpaired) electrons. The summed E-state index contributed by atoms with van der Waals surface area (Å²) in [7, 11) is 0. The van der Waals surface area contributed by atoms with E-state index in [0.29, 0.717) is 12.8 Å². The van der Waals surface area contributed by atoms with Gasteiger partial charge in [-0.25, -0.2) is 0 Å². The van der Waals surface area contributed by atoms with Gasteiger partial charge in [0, 0.05) is 0 Å². The van der Waals surface area contributed by atoms with E-state index >= 15 is 0 Å². The lowest BCUT2D eigenvalue weighted by Gasteiger charge is -2.41. The molecule has 0 aromatic heterocycles. The average Bonchev–Trinajstić information content (AvgIpc) is 2.30. The van der Waals surface area contributed by atoms with E-state index in [1.54, 1.807) is 0 Å². The molecule has 0 N–H and O–H groups in total. The van der Waals surface area contributed by atoms with E-state index < -0.39 is 5.54 Å². The Hall–Kier alpha value is -1.41. The van der Waals surface area contributed by atoms with Gasteiger partial charge in [0.2, 0.25) is 0 Å². The van der Waals surface area contributed by atoms with Gasteiger partial charge in [0.15, 0.2) is 0 Å². The number of hydrogen-bond donors (Lipinski definition) is 0. The summed E-state index contributed by atoms with van der Waals surface area (Å²) in [5.41, 5.74) is -0.907. The van der Waals surface area contributed by atoms with Gasteiger partial charge in [-0.2, -0.15) is 5.26 Å². The second-order valence-electron chi connectivity index (χ2n) is 4.32. The van der Waals surface area contributed by atoms with Crippen LogP contribution in [0.25, 0.3) is 0 Å². The summed E-state index contributed by atoms with van der Waals surface area (Å²) >= 11 is 0. The number of carbonyl (C=O) groups is 2. The summed E-state index contributed by atoms with van der Waals surface area (Å²) in [5.74, 6) is -0.751. The Bertz CT molecular complexity index is 337. The van der Waals surface area contributed by atoms with Crippen molar-refractivity contribution in [2.24, 2.45) is 0 Å². The molecular weight excluding hydrogens is 208 g/mol. The van der Waals surface area contributed by atoms with Crippen molar-refractivity contribution in [1.82, 2.24) is 4.90 Å². The molecule has 1 heterocycles. The Morgan fingerprint density at radius 2 is 1.69 bits per heavy atom. The third-order valence-corrected chi connectivity index (χ3v) is 3.27. The molecule has 0 atom stereocenters. The van der Waals surface area contributed by atoms with Crippen LogP contribution in [0.15, 0.2) is 0 Å². The first-order valence-corrected chi connectivity index (χ1v) is 5.54. The van der Waals surface area contributed by atoms with Crippen molar-refractivity contribution in [3.8, 4) is 6.07 Å². The molecule has 2 rings (SSSR count). The number of imide groups is 1. The fourth-order valence-electron chi connectivity index (χ4n) is 2.49. The molecule has 2 aliphatic rings. The van der Waals surface area contributed by atoms with Gasteiger partial charge in [0.1, 0.15) is 18.8 Å². The normalized spacial score (nSPS) is 25.3. The van der Waals surface area contributed by atoms with Gasteiger partial charge in [-0.15, -0.1) is 0 Å². The highest BCUT2D eigenvalue weighted by Gasteiger charge is 2.46. The Labute approximate surface area is 94.0 Å². The predicted octanol–water partition coefficient (Wildman–Crippen LogP) is 0.598. The Balaban J connectivity index is 2.28. The second-order valence-corrected chi connectivity index (χ2v) is 4.32. The molecule has 0 spiro atoms. The largest absolute Gasteiger partial charge is 0.362 e. The number of hydrogen-bond acceptors (Lipinski definition) is 4. The lowest BCUT2D eigenvalue weighted by molar-refractivity contribution is -0.165. The van der Waals surface area contributed by atoms with Gasteiger partial charge < -0.3 is 4.74 Å². The Morgan fingerprint density at radius 3 is 2.19 bits per heavy atom. The van der Waals surface area contributed by atoms with Crippen molar-refractivity contribution in [2.45, 2.75) is 37.6 Å². The van der Waals surface area contributed by atoms with Crippen LogP contribution in [0.2, 0.25) is 0 Å². The van der Waals surface area contributed by atoms with Crippen molar-refractivity contribution in [2.75, 3.05) is 13.2 Å². The lowest BCUT2D eigenvalue weighted by atomic mass is 9.81. The van der Waals surface area contributed by atoms with Crippen molar-refractivity contribution in [1.29, 1.82) is 5.26 Å². The highest BCUT2D eigenvalue weighted by atomic mass is 16.5. The lowest BCUT2D eigenvalue weighted by Crippen LogP contribution is -2.59. The van der Waals surface area contributed by atoms with Crippen LogP contribution in [0.1, 0.15) is 32.1 Å². The molecule has 1 saturated carbocycles. The van der Waals surface area contributed by atoms with Gasteiger partial charge in [-0.1, -0.05) is 19.3 Å². The molecule has 0 aromatic carbocycles. The van der Waals surface area contributed by atoms with E-state index in [2.05, 4.69) is 6.07 Å². The first-order valence-electron chi connectivity index (χ1n) is 5.54. The van der Waals surface area contributed by atoms with E-state index in [9.17, 15) is 14.9 Å². The van der Waals surface area contributed by atoms with Crippen LogP contribution in [0.3, 0.4) is 0 Å². The van der Waals surface area contributed by atoms with E-state index in [1.165, 1.54) is 0 Å². The average molecular weight is 222 g/mol. The van der Waals surface area contributed by atoms with Gasteiger partial charge >= 0.3 is 0 Å². The highest BCUT2D eigenvalue weighted by molar-refractivity contribution is 5.99. The molecule has 1 aliphatic carbocycles. The molecule has 5 nitrogen and oxygen atoms in total. The monoisotopic (exact) mass is 222 g/mol. The minimum absolute atomic E-state index is 0.0881. The van der Waals surface area contributed by atoms with Crippen LogP contribution in [-0.2, 0) is 14.3 Å². The zero-order valence-corrected chi connectivity index (χ0v) is 9.07. The van der Waals surface area contributed by atoms with Crippen LogP contribution < -0.4 is 0 Å². The molecule has 0 bridgehead atoms. The minimum Gasteiger partial charge on any atom is -0.362 e. The summed E-state index contributed by atoms with van der Waals surface area (Å²) in [6.45, 7) is -0.176. The van der Waals surface area contributed by atoms with Gasteiger partial charge in [-0.05, 0) is 12.8 Å². The summed E-state index contributed by atoms with van der Waals surface area (Å²) in [5, 5.41) is 9.29. The molecule has 1 saturated heterocycles. The first kappa shape index (κ1) is 11.1. The van der Waals surface area contributed by atoms with Gasteiger partial charge in [0.05, 0.1) is 6.07 Å². The Kier molecular flexibility index (Phi) is 2.92. The number of morpholine rings is 1. The number of carbonyl (C=O) groups excluding carboxylic acids is 2. The summed E-state index contributed by atoms with van der Waals surface area (Å²) < 4.78 is 4.85. The van der Waals surface area contributed by atoms with Crippen LogP contribution in [0.4, 0.5) is 0 Å². The molecule has 2 amide bonds. The second kappa shape index (κ2) is 4.22. The maximum atomic E-state index is 11.7. The van der Waals surface area contributed by atoms with Crippen molar-refractivity contribution in [3.05, 3.63) is 0 Å². The summed E-state index contributed by atoms with van der Waals surface area (Å²) in [6.07, 6.45) is 4.05. The van der Waals surface area contributed by atoms with Crippen LogP contribution in [-0.4, -0.2) is 35.5 Å². The number of rotatable bonds is 1.